The van der Waals surface area contributed by atoms with Gasteiger partial charge in [-0.3, -0.25) is 14.9 Å². The monoisotopic (exact) mass is 363 g/mol. The maximum Gasteiger partial charge on any atom is 0.322 e. The number of hydrogen-bond donors (Lipinski definition) is 3. The third-order valence-electron chi connectivity index (χ3n) is 4.27. The number of nitrogens with one attached hydrogen (secondary N) is 3. The Morgan fingerprint density at radius 3 is 2.80 bits per heavy atom. The van der Waals surface area contributed by atoms with Crippen LogP contribution in [0.5, 0.6) is 0 Å². The van der Waals surface area contributed by atoms with Gasteiger partial charge >= 0.3 is 6.03 Å². The average Bonchev–Trinajstić information content (AvgIpc) is 3.06. The zero-order valence-electron chi connectivity index (χ0n) is 13.8. The number of rotatable bonds is 5. The van der Waals surface area contributed by atoms with Crippen LogP contribution >= 0.6 is 11.6 Å². The summed E-state index contributed by atoms with van der Waals surface area (Å²) in [6.07, 6.45) is 0.305. The molecule has 132 valence electrons. The SMILES string of the molecule is C[C@@H](NC(=O)CC[C@]1(C)NC(=O)NC1=O)c1cc2cc(Cl)ccc2o1. The van der Waals surface area contributed by atoms with E-state index in [0.29, 0.717) is 16.4 Å². The lowest BCUT2D eigenvalue weighted by Crippen LogP contribution is -2.44. The predicted octanol–water partition coefficient (Wildman–Crippen LogP) is 2.64. The van der Waals surface area contributed by atoms with E-state index in [1.165, 1.54) is 0 Å². The quantitative estimate of drug-likeness (QED) is 0.711. The molecule has 1 fully saturated rings. The molecule has 3 rings (SSSR count). The Balaban J connectivity index is 1.60. The molecule has 1 saturated heterocycles. The predicted molar refractivity (Wildman–Crippen MR) is 92.1 cm³/mol. The normalized spacial score (nSPS) is 21.1. The Kier molecular flexibility index (Phi) is 4.43. The van der Waals surface area contributed by atoms with Crippen LogP contribution in [0.2, 0.25) is 5.02 Å². The van der Waals surface area contributed by atoms with Crippen molar-refractivity contribution < 1.29 is 18.8 Å². The van der Waals surface area contributed by atoms with Gasteiger partial charge in [-0.05, 0) is 44.5 Å². The molecule has 1 aromatic heterocycles. The van der Waals surface area contributed by atoms with Gasteiger partial charge in [-0.25, -0.2) is 4.79 Å². The number of halogens is 1. The average molecular weight is 364 g/mol. The molecule has 1 aliphatic rings. The summed E-state index contributed by atoms with van der Waals surface area (Å²) in [6, 6.07) is 6.26. The van der Waals surface area contributed by atoms with E-state index in [2.05, 4.69) is 16.0 Å². The Labute approximate surface area is 149 Å². The van der Waals surface area contributed by atoms with E-state index in [1.807, 2.05) is 13.0 Å². The van der Waals surface area contributed by atoms with Crippen molar-refractivity contribution >= 4 is 40.4 Å². The van der Waals surface area contributed by atoms with Gasteiger partial charge in [0.15, 0.2) is 0 Å². The molecule has 0 aliphatic carbocycles. The molecule has 0 radical (unpaired) electrons. The van der Waals surface area contributed by atoms with Gasteiger partial charge in [0.05, 0.1) is 6.04 Å². The number of benzene rings is 1. The van der Waals surface area contributed by atoms with Crippen molar-refractivity contribution in [3.63, 3.8) is 0 Å². The largest absolute Gasteiger partial charge is 0.459 e. The molecule has 0 spiro atoms. The van der Waals surface area contributed by atoms with Crippen molar-refractivity contribution in [3.05, 3.63) is 35.0 Å². The Bertz CT molecular complexity index is 863. The molecule has 25 heavy (non-hydrogen) atoms. The summed E-state index contributed by atoms with van der Waals surface area (Å²) < 4.78 is 5.72. The second-order valence-electron chi connectivity index (χ2n) is 6.36. The lowest BCUT2D eigenvalue weighted by Gasteiger charge is -2.20. The van der Waals surface area contributed by atoms with Crippen LogP contribution in [0.1, 0.15) is 38.5 Å². The molecule has 8 heteroatoms. The first kappa shape index (κ1) is 17.3. The van der Waals surface area contributed by atoms with E-state index in [0.717, 1.165) is 5.39 Å². The molecule has 0 saturated carbocycles. The fourth-order valence-corrected chi connectivity index (χ4v) is 2.93. The maximum absolute atomic E-state index is 12.2. The van der Waals surface area contributed by atoms with Gasteiger partial charge in [0, 0.05) is 16.8 Å². The summed E-state index contributed by atoms with van der Waals surface area (Å²) in [5.41, 5.74) is -0.369. The number of carbonyl (C=O) groups is 3. The fourth-order valence-electron chi connectivity index (χ4n) is 2.75. The first-order chi connectivity index (χ1) is 11.8. The molecule has 2 heterocycles. The summed E-state index contributed by atoms with van der Waals surface area (Å²) >= 11 is 5.96. The van der Waals surface area contributed by atoms with Gasteiger partial charge in [-0.1, -0.05) is 11.6 Å². The highest BCUT2D eigenvalue weighted by molar-refractivity contribution is 6.31. The molecular formula is C17H18ClN3O4. The number of urea groups is 1. The number of imide groups is 1. The van der Waals surface area contributed by atoms with Crippen LogP contribution in [0.3, 0.4) is 0 Å². The van der Waals surface area contributed by atoms with Gasteiger partial charge in [-0.2, -0.15) is 0 Å². The van der Waals surface area contributed by atoms with Crippen LogP contribution in [-0.4, -0.2) is 23.4 Å². The third-order valence-corrected chi connectivity index (χ3v) is 4.51. The topological polar surface area (TPSA) is 100 Å². The van der Waals surface area contributed by atoms with Crippen LogP contribution in [0.25, 0.3) is 11.0 Å². The molecule has 0 bridgehead atoms. The minimum Gasteiger partial charge on any atom is -0.459 e. The summed E-state index contributed by atoms with van der Waals surface area (Å²) in [4.78, 5) is 35.1. The van der Waals surface area contributed by atoms with Crippen molar-refractivity contribution in [2.24, 2.45) is 0 Å². The van der Waals surface area contributed by atoms with Gasteiger partial charge in [0.25, 0.3) is 5.91 Å². The van der Waals surface area contributed by atoms with Crippen LogP contribution < -0.4 is 16.0 Å². The molecule has 4 amide bonds. The zero-order valence-corrected chi connectivity index (χ0v) is 14.6. The van der Waals surface area contributed by atoms with E-state index in [1.54, 1.807) is 25.1 Å². The molecule has 2 atom stereocenters. The summed E-state index contributed by atoms with van der Waals surface area (Å²) in [7, 11) is 0. The molecule has 2 aromatic rings. The smallest absolute Gasteiger partial charge is 0.322 e. The Hall–Kier alpha value is -2.54. The molecule has 1 aliphatic heterocycles. The Morgan fingerprint density at radius 2 is 2.12 bits per heavy atom. The summed E-state index contributed by atoms with van der Waals surface area (Å²) in [5, 5.41) is 9.01. The summed E-state index contributed by atoms with van der Waals surface area (Å²) in [5.74, 6) is -0.0441. The van der Waals surface area contributed by atoms with Crippen molar-refractivity contribution in [1.29, 1.82) is 0 Å². The zero-order chi connectivity index (χ0) is 18.2. The van der Waals surface area contributed by atoms with Crippen LogP contribution in [-0.2, 0) is 9.59 Å². The minimum absolute atomic E-state index is 0.0978. The molecule has 1 aromatic carbocycles. The lowest BCUT2D eigenvalue weighted by molar-refractivity contribution is -0.125. The van der Waals surface area contributed by atoms with E-state index >= 15 is 0 Å². The second kappa shape index (κ2) is 6.40. The number of fused-ring (bicyclic) bond motifs is 1. The van der Waals surface area contributed by atoms with Crippen molar-refractivity contribution in [2.75, 3.05) is 0 Å². The van der Waals surface area contributed by atoms with E-state index in [9.17, 15) is 14.4 Å². The van der Waals surface area contributed by atoms with Crippen molar-refractivity contribution in [1.82, 2.24) is 16.0 Å². The highest BCUT2D eigenvalue weighted by Crippen LogP contribution is 2.26. The van der Waals surface area contributed by atoms with Gasteiger partial charge in [0.2, 0.25) is 5.91 Å². The highest BCUT2D eigenvalue weighted by atomic mass is 35.5. The third kappa shape index (κ3) is 3.61. The second-order valence-corrected chi connectivity index (χ2v) is 6.80. The highest BCUT2D eigenvalue weighted by Gasteiger charge is 2.41. The molecule has 7 nitrogen and oxygen atoms in total. The standard InChI is InChI=1S/C17H18ClN3O4/c1-9(13-8-10-7-11(18)3-4-12(10)25-13)19-14(22)5-6-17(2)15(23)20-16(24)21-17/h3-4,7-9H,5-6H2,1-2H3,(H,19,22)(H2,20,21,23,24)/t9-,17+/m1/s1. The minimum atomic E-state index is -1.06. The molecule has 3 N–H and O–H groups in total. The van der Waals surface area contributed by atoms with Crippen LogP contribution in [0.4, 0.5) is 4.79 Å². The van der Waals surface area contributed by atoms with E-state index in [-0.39, 0.29) is 24.8 Å². The van der Waals surface area contributed by atoms with Gasteiger partial charge in [-0.15, -0.1) is 0 Å². The lowest BCUT2D eigenvalue weighted by atomic mass is 9.96. The number of carbonyl (C=O) groups excluding carboxylic acids is 3. The van der Waals surface area contributed by atoms with Crippen molar-refractivity contribution in [3.8, 4) is 0 Å². The number of hydrogen-bond acceptors (Lipinski definition) is 4. The summed E-state index contributed by atoms with van der Waals surface area (Å²) in [6.45, 7) is 3.40. The maximum atomic E-state index is 12.2. The van der Waals surface area contributed by atoms with E-state index < -0.39 is 17.5 Å². The van der Waals surface area contributed by atoms with Crippen LogP contribution in [0, 0.1) is 0 Å². The van der Waals surface area contributed by atoms with Crippen molar-refractivity contribution in [2.45, 2.75) is 38.3 Å². The number of amides is 4. The van der Waals surface area contributed by atoms with E-state index in [4.69, 9.17) is 16.0 Å². The Morgan fingerprint density at radius 1 is 1.36 bits per heavy atom. The fraction of sp³-hybridized carbons (Fsp3) is 0.353. The first-order valence-corrected chi connectivity index (χ1v) is 8.26. The molecule has 0 unspecified atom stereocenters. The molecular weight excluding hydrogens is 346 g/mol. The number of furan rings is 1. The van der Waals surface area contributed by atoms with Gasteiger partial charge in [0.1, 0.15) is 16.9 Å². The van der Waals surface area contributed by atoms with Gasteiger partial charge < -0.3 is 15.1 Å². The van der Waals surface area contributed by atoms with Crippen LogP contribution in [0.15, 0.2) is 28.7 Å². The first-order valence-electron chi connectivity index (χ1n) is 7.89.